The van der Waals surface area contributed by atoms with E-state index in [9.17, 15) is 19.2 Å². The SMILES string of the molecule is C=CC(=O)OCCOc1ccc(SC(=O)/C=C/c2ccc(OCCOC(=O)C(=C)CC(=O)OC)cc2)cc1. The van der Waals surface area contributed by atoms with Crippen LogP contribution in [-0.2, 0) is 33.4 Å². The van der Waals surface area contributed by atoms with Gasteiger partial charge in [-0.05, 0) is 59.8 Å². The van der Waals surface area contributed by atoms with Gasteiger partial charge in [0.05, 0.1) is 13.5 Å². The van der Waals surface area contributed by atoms with Crippen LogP contribution in [0.5, 0.6) is 11.5 Å². The molecule has 10 heteroatoms. The molecule has 0 atom stereocenters. The number of esters is 3. The highest BCUT2D eigenvalue weighted by Gasteiger charge is 2.13. The molecule has 2 rings (SSSR count). The van der Waals surface area contributed by atoms with Crippen molar-refractivity contribution in [1.29, 1.82) is 0 Å². The molecule has 2 aromatic rings. The summed E-state index contributed by atoms with van der Waals surface area (Å²) >= 11 is 1.07. The van der Waals surface area contributed by atoms with Crippen LogP contribution in [0.2, 0.25) is 0 Å². The van der Waals surface area contributed by atoms with E-state index < -0.39 is 17.9 Å². The predicted octanol–water partition coefficient (Wildman–Crippen LogP) is 4.17. The van der Waals surface area contributed by atoms with Crippen molar-refractivity contribution in [3.8, 4) is 11.5 Å². The van der Waals surface area contributed by atoms with E-state index >= 15 is 0 Å². The molecule has 0 radical (unpaired) electrons. The molecule has 0 fully saturated rings. The van der Waals surface area contributed by atoms with Crippen molar-refractivity contribution in [1.82, 2.24) is 0 Å². The van der Waals surface area contributed by atoms with E-state index in [2.05, 4.69) is 17.9 Å². The standard InChI is InChI=1S/C28H28O9S/c1-4-25(29)36-17-15-34-23-10-12-24(13-11-23)38-27(31)14-7-21-5-8-22(9-6-21)35-16-18-37-28(32)20(2)19-26(30)33-3/h4-14H,1-2,15-19H2,3H3/b14-7+. The van der Waals surface area contributed by atoms with Crippen LogP contribution in [-0.4, -0.2) is 56.6 Å². The Balaban J connectivity index is 1.70. The third kappa shape index (κ3) is 11.6. The van der Waals surface area contributed by atoms with Crippen LogP contribution >= 0.6 is 11.8 Å². The first kappa shape index (κ1) is 29.9. The molecule has 200 valence electrons. The normalized spacial score (nSPS) is 10.3. The lowest BCUT2D eigenvalue weighted by Crippen LogP contribution is -2.15. The Hall–Kier alpha value is -4.31. The van der Waals surface area contributed by atoms with E-state index in [0.29, 0.717) is 11.5 Å². The zero-order valence-corrected chi connectivity index (χ0v) is 21.7. The van der Waals surface area contributed by atoms with Gasteiger partial charge in [0.25, 0.3) is 0 Å². The number of carbonyl (C=O) groups is 4. The van der Waals surface area contributed by atoms with Gasteiger partial charge in [-0.25, -0.2) is 9.59 Å². The molecular weight excluding hydrogens is 512 g/mol. The van der Waals surface area contributed by atoms with E-state index in [-0.39, 0.29) is 43.5 Å². The molecule has 2 aromatic carbocycles. The third-order valence-corrected chi connectivity index (χ3v) is 5.40. The fourth-order valence-corrected chi connectivity index (χ4v) is 3.31. The summed E-state index contributed by atoms with van der Waals surface area (Å²) in [6, 6.07) is 14.0. The second-order valence-corrected chi connectivity index (χ2v) is 8.43. The maximum absolute atomic E-state index is 12.3. The van der Waals surface area contributed by atoms with Crippen molar-refractivity contribution >= 4 is 40.9 Å². The molecule has 9 nitrogen and oxygen atoms in total. The molecule has 0 aromatic heterocycles. The predicted molar refractivity (Wildman–Crippen MR) is 142 cm³/mol. The number of hydrogen-bond acceptors (Lipinski definition) is 10. The van der Waals surface area contributed by atoms with Gasteiger partial charge in [0.1, 0.15) is 37.9 Å². The minimum atomic E-state index is -0.685. The van der Waals surface area contributed by atoms with E-state index in [1.807, 2.05) is 0 Å². The number of thioether (sulfide) groups is 1. The number of rotatable bonds is 15. The number of hydrogen-bond donors (Lipinski definition) is 0. The van der Waals surface area contributed by atoms with Crippen molar-refractivity contribution in [2.45, 2.75) is 11.3 Å². The highest BCUT2D eigenvalue weighted by molar-refractivity contribution is 8.14. The Kier molecular flexibility index (Phi) is 12.9. The number of carbonyl (C=O) groups excluding carboxylic acids is 4. The summed E-state index contributed by atoms with van der Waals surface area (Å²) in [4.78, 5) is 46.9. The van der Waals surface area contributed by atoms with Gasteiger partial charge in [-0.1, -0.05) is 31.4 Å². The molecule has 0 aliphatic rings. The zero-order valence-electron chi connectivity index (χ0n) is 20.9. The average molecular weight is 541 g/mol. The smallest absolute Gasteiger partial charge is 0.334 e. The van der Waals surface area contributed by atoms with Crippen molar-refractivity contribution in [3.63, 3.8) is 0 Å². The summed E-state index contributed by atoms with van der Waals surface area (Å²) in [6.07, 6.45) is 4.02. The van der Waals surface area contributed by atoms with Gasteiger partial charge in [0.15, 0.2) is 0 Å². The first-order chi connectivity index (χ1) is 18.3. The van der Waals surface area contributed by atoms with Crippen molar-refractivity contribution < 1.29 is 42.9 Å². The Morgan fingerprint density at radius 1 is 0.842 bits per heavy atom. The van der Waals surface area contributed by atoms with Crippen molar-refractivity contribution in [2.75, 3.05) is 33.5 Å². The van der Waals surface area contributed by atoms with Crippen LogP contribution in [0.4, 0.5) is 0 Å². The van der Waals surface area contributed by atoms with Gasteiger partial charge in [-0.15, -0.1) is 0 Å². The van der Waals surface area contributed by atoms with Crippen LogP contribution in [0, 0.1) is 0 Å². The maximum Gasteiger partial charge on any atom is 0.334 e. The van der Waals surface area contributed by atoms with Gasteiger partial charge < -0.3 is 23.7 Å². The Bertz CT molecular complexity index is 1150. The fourth-order valence-electron chi connectivity index (χ4n) is 2.67. The molecule has 0 unspecified atom stereocenters. The Labute approximate surface area is 225 Å². The molecule has 0 saturated heterocycles. The highest BCUT2D eigenvalue weighted by atomic mass is 32.2. The summed E-state index contributed by atoms with van der Waals surface area (Å²) in [7, 11) is 1.22. The Morgan fingerprint density at radius 3 is 2.00 bits per heavy atom. The third-order valence-electron chi connectivity index (χ3n) is 4.56. The van der Waals surface area contributed by atoms with Gasteiger partial charge in [-0.3, -0.25) is 9.59 Å². The summed E-state index contributed by atoms with van der Waals surface area (Å²) < 4.78 is 25.3. The first-order valence-corrected chi connectivity index (χ1v) is 12.2. The van der Waals surface area contributed by atoms with E-state index in [0.717, 1.165) is 28.3 Å². The molecule has 0 heterocycles. The van der Waals surface area contributed by atoms with E-state index in [1.54, 1.807) is 54.6 Å². The summed E-state index contributed by atoms with van der Waals surface area (Å²) in [5, 5.41) is -0.147. The fraction of sp³-hybridized carbons (Fsp3) is 0.214. The van der Waals surface area contributed by atoms with Crippen LogP contribution in [0.15, 0.2) is 84.3 Å². The van der Waals surface area contributed by atoms with Crippen LogP contribution in [0.3, 0.4) is 0 Å². The molecule has 0 bridgehead atoms. The van der Waals surface area contributed by atoms with Gasteiger partial charge in [-0.2, -0.15) is 0 Å². The Morgan fingerprint density at radius 2 is 1.42 bits per heavy atom. The second-order valence-electron chi connectivity index (χ2n) is 7.36. The molecule has 0 N–H and O–H groups in total. The molecule has 0 aliphatic heterocycles. The van der Waals surface area contributed by atoms with Crippen LogP contribution in [0.1, 0.15) is 12.0 Å². The monoisotopic (exact) mass is 540 g/mol. The average Bonchev–Trinajstić information content (AvgIpc) is 2.93. The van der Waals surface area contributed by atoms with Gasteiger partial charge in [0, 0.05) is 16.5 Å². The van der Waals surface area contributed by atoms with Gasteiger partial charge in [0.2, 0.25) is 5.12 Å². The first-order valence-electron chi connectivity index (χ1n) is 11.4. The van der Waals surface area contributed by atoms with Gasteiger partial charge >= 0.3 is 17.9 Å². The summed E-state index contributed by atoms with van der Waals surface area (Å²) in [5.41, 5.74) is 0.810. The summed E-state index contributed by atoms with van der Waals surface area (Å²) in [6.45, 7) is 7.24. The number of methoxy groups -OCH3 is 1. The zero-order chi connectivity index (χ0) is 27.8. The van der Waals surface area contributed by atoms with E-state index in [1.165, 1.54) is 13.2 Å². The largest absolute Gasteiger partial charge is 0.490 e. The second kappa shape index (κ2) is 16.4. The lowest BCUT2D eigenvalue weighted by Gasteiger charge is -2.08. The van der Waals surface area contributed by atoms with E-state index in [4.69, 9.17) is 18.9 Å². The maximum atomic E-state index is 12.3. The molecule has 0 saturated carbocycles. The van der Waals surface area contributed by atoms with Crippen molar-refractivity contribution in [2.24, 2.45) is 0 Å². The van der Waals surface area contributed by atoms with Crippen molar-refractivity contribution in [3.05, 3.63) is 85.0 Å². The van der Waals surface area contributed by atoms with Crippen LogP contribution < -0.4 is 9.47 Å². The minimum Gasteiger partial charge on any atom is -0.490 e. The lowest BCUT2D eigenvalue weighted by atomic mass is 10.2. The number of ether oxygens (including phenoxy) is 5. The molecule has 38 heavy (non-hydrogen) atoms. The topological polar surface area (TPSA) is 114 Å². The molecule has 0 spiro atoms. The minimum absolute atomic E-state index is 0.00688. The molecule has 0 amide bonds. The number of benzene rings is 2. The summed E-state index contributed by atoms with van der Waals surface area (Å²) in [5.74, 6) is -0.602. The molecule has 0 aliphatic carbocycles. The quantitative estimate of drug-likeness (QED) is 0.107. The van der Waals surface area contributed by atoms with Crippen LogP contribution in [0.25, 0.3) is 6.08 Å². The molecular formula is C28H28O9S. The lowest BCUT2D eigenvalue weighted by molar-refractivity contribution is -0.144. The highest BCUT2D eigenvalue weighted by Crippen LogP contribution is 2.23.